The molecule has 2 aromatic rings. The number of rotatable bonds is 6. The summed E-state index contributed by atoms with van der Waals surface area (Å²) in [5.74, 6) is 0.502. The molecule has 0 fully saturated rings. The highest BCUT2D eigenvalue weighted by molar-refractivity contribution is 7.98. The van der Waals surface area contributed by atoms with Crippen molar-refractivity contribution in [2.24, 2.45) is 0 Å². The summed E-state index contributed by atoms with van der Waals surface area (Å²) in [6.45, 7) is 1.84. The van der Waals surface area contributed by atoms with Gasteiger partial charge in [-0.3, -0.25) is 0 Å². The van der Waals surface area contributed by atoms with Crippen molar-refractivity contribution in [3.8, 4) is 0 Å². The van der Waals surface area contributed by atoms with E-state index in [4.69, 9.17) is 4.42 Å². The van der Waals surface area contributed by atoms with Gasteiger partial charge in [0.2, 0.25) is 0 Å². The number of urea groups is 1. The van der Waals surface area contributed by atoms with Gasteiger partial charge in [0.25, 0.3) is 0 Å². The number of amides is 2. The predicted octanol–water partition coefficient (Wildman–Crippen LogP) is 3.64. The third-order valence-electron chi connectivity index (χ3n) is 3.17. The summed E-state index contributed by atoms with van der Waals surface area (Å²) in [5, 5.41) is 15.5. The van der Waals surface area contributed by atoms with Gasteiger partial charge in [0, 0.05) is 23.0 Å². The second-order valence-electron chi connectivity index (χ2n) is 4.99. The van der Waals surface area contributed by atoms with E-state index in [0.717, 1.165) is 10.6 Å². The van der Waals surface area contributed by atoms with Crippen LogP contribution in [0.3, 0.4) is 0 Å². The molecule has 1 aromatic heterocycles. The molecule has 2 unspecified atom stereocenters. The lowest BCUT2D eigenvalue weighted by atomic mass is 10.1. The van der Waals surface area contributed by atoms with Crippen LogP contribution in [0.2, 0.25) is 0 Å². The summed E-state index contributed by atoms with van der Waals surface area (Å²) < 4.78 is 5.14. The topological polar surface area (TPSA) is 74.5 Å². The summed E-state index contributed by atoms with van der Waals surface area (Å²) in [6, 6.07) is 10.6. The number of hydrogen-bond acceptors (Lipinski definition) is 4. The molecular weight excluding hydrogens is 300 g/mol. The van der Waals surface area contributed by atoms with E-state index in [2.05, 4.69) is 10.6 Å². The third-order valence-corrected chi connectivity index (χ3v) is 3.92. The van der Waals surface area contributed by atoms with Crippen molar-refractivity contribution in [2.75, 3.05) is 11.6 Å². The van der Waals surface area contributed by atoms with Crippen molar-refractivity contribution >= 4 is 23.5 Å². The summed E-state index contributed by atoms with van der Waals surface area (Å²) in [4.78, 5) is 13.1. The van der Waals surface area contributed by atoms with Crippen molar-refractivity contribution in [3.05, 3.63) is 48.4 Å². The van der Waals surface area contributed by atoms with Crippen molar-refractivity contribution in [1.82, 2.24) is 5.32 Å². The number of thioether (sulfide) groups is 1. The number of nitrogens with one attached hydrogen (secondary N) is 2. The van der Waals surface area contributed by atoms with Crippen molar-refractivity contribution < 1.29 is 14.3 Å². The molecular formula is C16H20N2O3S. The fourth-order valence-electron chi connectivity index (χ4n) is 2.06. The molecule has 5 nitrogen and oxygen atoms in total. The Morgan fingerprint density at radius 1 is 1.32 bits per heavy atom. The Morgan fingerprint density at radius 2 is 2.05 bits per heavy atom. The first-order valence-corrected chi connectivity index (χ1v) is 8.24. The van der Waals surface area contributed by atoms with E-state index in [-0.39, 0.29) is 12.1 Å². The molecule has 2 rings (SSSR count). The van der Waals surface area contributed by atoms with Crippen LogP contribution in [0, 0.1) is 0 Å². The molecule has 0 aliphatic carbocycles. The highest BCUT2D eigenvalue weighted by Gasteiger charge is 2.16. The molecule has 0 radical (unpaired) electrons. The van der Waals surface area contributed by atoms with Gasteiger partial charge in [-0.15, -0.1) is 11.8 Å². The van der Waals surface area contributed by atoms with Crippen LogP contribution in [0.1, 0.15) is 25.2 Å². The predicted molar refractivity (Wildman–Crippen MR) is 88.1 cm³/mol. The molecule has 0 saturated carbocycles. The molecule has 118 valence electrons. The Hall–Kier alpha value is -1.92. The van der Waals surface area contributed by atoms with Crippen molar-refractivity contribution in [3.63, 3.8) is 0 Å². The van der Waals surface area contributed by atoms with Gasteiger partial charge >= 0.3 is 6.03 Å². The minimum atomic E-state index is -0.730. The summed E-state index contributed by atoms with van der Waals surface area (Å²) in [7, 11) is 0. The van der Waals surface area contributed by atoms with Gasteiger partial charge in [0.05, 0.1) is 6.26 Å². The molecule has 0 aliphatic heterocycles. The maximum Gasteiger partial charge on any atom is 0.319 e. The zero-order valence-electron chi connectivity index (χ0n) is 12.6. The van der Waals surface area contributed by atoms with Crippen LogP contribution >= 0.6 is 11.8 Å². The van der Waals surface area contributed by atoms with Gasteiger partial charge in [-0.25, -0.2) is 4.79 Å². The molecule has 22 heavy (non-hydrogen) atoms. The number of aliphatic hydroxyl groups is 1. The van der Waals surface area contributed by atoms with Crippen LogP contribution in [0.5, 0.6) is 0 Å². The van der Waals surface area contributed by atoms with E-state index in [9.17, 15) is 9.90 Å². The Labute approximate surface area is 134 Å². The number of anilines is 1. The maximum absolute atomic E-state index is 11.9. The van der Waals surface area contributed by atoms with E-state index >= 15 is 0 Å². The largest absolute Gasteiger partial charge is 0.467 e. The molecule has 2 amide bonds. The fourth-order valence-corrected chi connectivity index (χ4v) is 2.46. The van der Waals surface area contributed by atoms with E-state index in [1.54, 1.807) is 23.9 Å². The van der Waals surface area contributed by atoms with E-state index in [1.165, 1.54) is 6.26 Å². The maximum atomic E-state index is 11.9. The van der Waals surface area contributed by atoms with E-state index in [0.29, 0.717) is 12.2 Å². The Kier molecular flexibility index (Phi) is 5.91. The minimum Gasteiger partial charge on any atom is -0.467 e. The quantitative estimate of drug-likeness (QED) is 0.710. The Balaban J connectivity index is 1.80. The minimum absolute atomic E-state index is 0.189. The summed E-state index contributed by atoms with van der Waals surface area (Å²) in [5.41, 5.74) is 0.731. The lowest BCUT2D eigenvalue weighted by Crippen LogP contribution is -2.37. The van der Waals surface area contributed by atoms with Gasteiger partial charge in [-0.2, -0.15) is 0 Å². The first-order valence-electron chi connectivity index (χ1n) is 7.01. The number of carbonyl (C=O) groups excluding carboxylic acids is 1. The molecule has 0 aliphatic rings. The highest BCUT2D eigenvalue weighted by atomic mass is 32.2. The highest BCUT2D eigenvalue weighted by Crippen LogP contribution is 2.19. The average molecular weight is 320 g/mol. The zero-order valence-corrected chi connectivity index (χ0v) is 13.4. The second kappa shape index (κ2) is 7.91. The first kappa shape index (κ1) is 16.5. The van der Waals surface area contributed by atoms with E-state index < -0.39 is 6.10 Å². The molecule has 1 aromatic carbocycles. The molecule has 6 heteroatoms. The normalized spacial score (nSPS) is 13.4. The van der Waals surface area contributed by atoms with Crippen molar-refractivity contribution in [1.29, 1.82) is 0 Å². The van der Waals surface area contributed by atoms with Crippen molar-refractivity contribution in [2.45, 2.75) is 30.4 Å². The van der Waals surface area contributed by atoms with E-state index in [1.807, 2.05) is 37.4 Å². The van der Waals surface area contributed by atoms with Crippen LogP contribution in [0.15, 0.2) is 52.0 Å². The Bertz CT molecular complexity index is 584. The van der Waals surface area contributed by atoms with Crippen LogP contribution in [0.25, 0.3) is 0 Å². The van der Waals surface area contributed by atoms with Crippen LogP contribution in [-0.2, 0) is 0 Å². The number of carbonyl (C=O) groups is 1. The monoisotopic (exact) mass is 320 g/mol. The van der Waals surface area contributed by atoms with Gasteiger partial charge in [-0.1, -0.05) is 0 Å². The van der Waals surface area contributed by atoms with Gasteiger partial charge in [0.1, 0.15) is 11.9 Å². The number of aliphatic hydroxyl groups excluding tert-OH is 1. The third kappa shape index (κ3) is 4.82. The smallest absolute Gasteiger partial charge is 0.319 e. The van der Waals surface area contributed by atoms with Gasteiger partial charge in [0.15, 0.2) is 0 Å². The lowest BCUT2D eigenvalue weighted by Gasteiger charge is -2.17. The molecule has 2 atom stereocenters. The molecule has 3 N–H and O–H groups in total. The molecule has 0 spiro atoms. The molecule has 1 heterocycles. The lowest BCUT2D eigenvalue weighted by molar-refractivity contribution is 0.130. The number of benzene rings is 1. The average Bonchev–Trinajstić information content (AvgIpc) is 3.02. The summed E-state index contributed by atoms with van der Waals surface area (Å²) >= 11 is 1.65. The fraction of sp³-hybridized carbons (Fsp3) is 0.312. The van der Waals surface area contributed by atoms with Gasteiger partial charge < -0.3 is 20.2 Å². The van der Waals surface area contributed by atoms with Crippen LogP contribution < -0.4 is 10.6 Å². The molecule has 0 saturated heterocycles. The number of hydrogen-bond donors (Lipinski definition) is 3. The Morgan fingerprint density at radius 3 is 2.64 bits per heavy atom. The molecule has 0 bridgehead atoms. The summed E-state index contributed by atoms with van der Waals surface area (Å²) in [6.07, 6.45) is 3.17. The zero-order chi connectivity index (χ0) is 15.9. The number of furan rings is 1. The van der Waals surface area contributed by atoms with Gasteiger partial charge in [-0.05, 0) is 49.6 Å². The van der Waals surface area contributed by atoms with Crippen LogP contribution in [0.4, 0.5) is 10.5 Å². The standard InChI is InChI=1S/C16H20N2O3S/c1-11(10-14(19)15-4-3-9-21-15)17-16(20)18-12-5-7-13(22-2)8-6-12/h3-9,11,14,19H,10H2,1-2H3,(H2,17,18,20). The second-order valence-corrected chi connectivity index (χ2v) is 5.87. The SMILES string of the molecule is CSc1ccc(NC(=O)NC(C)CC(O)c2ccco2)cc1. The van der Waals surface area contributed by atoms with Crippen LogP contribution in [-0.4, -0.2) is 23.4 Å². The first-order chi connectivity index (χ1) is 10.6.